The predicted octanol–water partition coefficient (Wildman–Crippen LogP) is 5.81. The number of nitrogens with zero attached hydrogens (tertiary/aromatic N) is 3. The van der Waals surface area contributed by atoms with Gasteiger partial charge in [0.15, 0.2) is 11.6 Å². The third-order valence-electron chi connectivity index (χ3n) is 6.66. The zero-order valence-electron chi connectivity index (χ0n) is 20.2. The van der Waals surface area contributed by atoms with Crippen molar-refractivity contribution in [2.75, 3.05) is 18.4 Å². The lowest BCUT2D eigenvalue weighted by molar-refractivity contribution is -0.152. The van der Waals surface area contributed by atoms with E-state index in [9.17, 15) is 23.1 Å². The molecule has 0 aliphatic carbocycles. The number of carboxylic acid groups (broad SMARTS) is 1. The van der Waals surface area contributed by atoms with Crippen LogP contribution in [0.2, 0.25) is 5.02 Å². The maximum Gasteiger partial charge on any atom is 0.310 e. The van der Waals surface area contributed by atoms with Gasteiger partial charge in [0.2, 0.25) is 0 Å². The summed E-state index contributed by atoms with van der Waals surface area (Å²) in [6, 6.07) is 7.19. The number of aliphatic carboxylic acids is 1. The Morgan fingerprint density at radius 2 is 1.92 bits per heavy atom. The largest absolute Gasteiger partial charge is 0.481 e. The van der Waals surface area contributed by atoms with Crippen LogP contribution >= 0.6 is 11.6 Å². The van der Waals surface area contributed by atoms with Crippen LogP contribution in [0.4, 0.5) is 29.2 Å². The monoisotopic (exact) mass is 539 g/mol. The molecule has 12 heteroatoms. The zero-order chi connectivity index (χ0) is 27.0. The fourth-order valence-corrected chi connectivity index (χ4v) is 4.73. The lowest BCUT2D eigenvalue weighted by Gasteiger charge is -2.39. The van der Waals surface area contributed by atoms with Crippen LogP contribution < -0.4 is 5.32 Å². The van der Waals surface area contributed by atoms with E-state index < -0.39 is 34.5 Å². The fraction of sp³-hybridized carbons (Fsp3) is 0.400. The second kappa shape index (κ2) is 10.3. The lowest BCUT2D eigenvalue weighted by atomic mass is 9.74. The molecule has 1 aliphatic heterocycles. The number of pyridine rings is 1. The molecule has 0 amide bonds. The molecule has 3 heterocycles. The number of nitrogens with one attached hydrogen (secondary N) is 2. The average Bonchev–Trinajstić information content (AvgIpc) is 3.23. The van der Waals surface area contributed by atoms with Crippen molar-refractivity contribution >= 4 is 29.2 Å². The highest BCUT2D eigenvalue weighted by molar-refractivity contribution is 6.30. The minimum absolute atomic E-state index is 0.00189. The molecule has 0 saturated carbocycles. The summed E-state index contributed by atoms with van der Waals surface area (Å²) >= 11 is 5.86. The lowest BCUT2D eigenvalue weighted by Crippen LogP contribution is -2.45. The SMILES string of the molecule is Cc1cc(Nc2cc(C(C)(F)F)c(F)c(CC3(C(=O)O)CCN(Cc4cccc(Cl)c4F)CC3)n2)n[nH]1. The molecular formula is C25H26ClF4N5O2. The number of carboxylic acids is 1. The summed E-state index contributed by atoms with van der Waals surface area (Å²) in [6.45, 7) is 3.10. The number of H-pyrrole nitrogens is 1. The second-order valence-corrected chi connectivity index (χ2v) is 9.92. The molecule has 2 aromatic heterocycles. The van der Waals surface area contributed by atoms with Gasteiger partial charge in [0, 0.05) is 37.2 Å². The van der Waals surface area contributed by atoms with E-state index in [0.29, 0.717) is 24.0 Å². The number of aromatic nitrogens is 3. The van der Waals surface area contributed by atoms with Gasteiger partial charge < -0.3 is 10.4 Å². The molecule has 1 aromatic carbocycles. The van der Waals surface area contributed by atoms with E-state index in [0.717, 1.165) is 6.07 Å². The highest BCUT2D eigenvalue weighted by atomic mass is 35.5. The molecule has 1 aliphatic rings. The molecule has 3 N–H and O–H groups in total. The first-order valence-electron chi connectivity index (χ1n) is 11.6. The van der Waals surface area contributed by atoms with Crippen molar-refractivity contribution in [3.05, 3.63) is 69.5 Å². The molecule has 0 unspecified atom stereocenters. The smallest absolute Gasteiger partial charge is 0.310 e. The van der Waals surface area contributed by atoms with Gasteiger partial charge in [0.05, 0.1) is 21.7 Å². The molecular weight excluding hydrogens is 514 g/mol. The number of carbonyl (C=O) groups is 1. The van der Waals surface area contributed by atoms with Gasteiger partial charge in [-0.25, -0.2) is 22.5 Å². The quantitative estimate of drug-likeness (QED) is 0.313. The van der Waals surface area contributed by atoms with Gasteiger partial charge in [0.1, 0.15) is 11.6 Å². The predicted molar refractivity (Wildman–Crippen MR) is 130 cm³/mol. The van der Waals surface area contributed by atoms with Crippen molar-refractivity contribution < 1.29 is 27.5 Å². The molecule has 37 heavy (non-hydrogen) atoms. The number of alkyl halides is 2. The number of likely N-dealkylation sites (tertiary alicyclic amines) is 1. The van der Waals surface area contributed by atoms with Crippen molar-refractivity contribution in [2.24, 2.45) is 5.41 Å². The summed E-state index contributed by atoms with van der Waals surface area (Å²) < 4.78 is 58.2. The van der Waals surface area contributed by atoms with Crippen LogP contribution in [0.1, 0.15) is 42.3 Å². The number of piperidine rings is 1. The summed E-state index contributed by atoms with van der Waals surface area (Å²) in [5.41, 5.74) is -1.60. The Hall–Kier alpha value is -3.18. The minimum Gasteiger partial charge on any atom is -0.481 e. The molecule has 0 radical (unpaired) electrons. The van der Waals surface area contributed by atoms with Crippen molar-refractivity contribution in [2.45, 2.75) is 45.6 Å². The van der Waals surface area contributed by atoms with E-state index in [1.165, 1.54) is 6.07 Å². The van der Waals surface area contributed by atoms with E-state index >= 15 is 4.39 Å². The van der Waals surface area contributed by atoms with Gasteiger partial charge in [-0.15, -0.1) is 0 Å². The van der Waals surface area contributed by atoms with Crippen LogP contribution in [0.3, 0.4) is 0 Å². The van der Waals surface area contributed by atoms with Crippen molar-refractivity contribution in [3.63, 3.8) is 0 Å². The Morgan fingerprint density at radius 3 is 2.51 bits per heavy atom. The molecule has 1 fully saturated rings. The molecule has 4 rings (SSSR count). The summed E-state index contributed by atoms with van der Waals surface area (Å²) in [6.07, 6.45) is -0.189. The van der Waals surface area contributed by atoms with Gasteiger partial charge in [-0.05, 0) is 45.0 Å². The first-order valence-corrected chi connectivity index (χ1v) is 12.0. The van der Waals surface area contributed by atoms with E-state index in [1.807, 2.05) is 4.90 Å². The number of hydrogen-bond acceptors (Lipinski definition) is 5. The number of anilines is 2. The molecule has 0 atom stereocenters. The number of benzene rings is 1. The van der Waals surface area contributed by atoms with Gasteiger partial charge in [-0.3, -0.25) is 14.8 Å². The summed E-state index contributed by atoms with van der Waals surface area (Å²) in [5, 5.41) is 19.6. The Labute approximate surface area is 215 Å². The van der Waals surface area contributed by atoms with Crippen LogP contribution in [-0.2, 0) is 23.7 Å². The van der Waals surface area contributed by atoms with Crippen LogP contribution in [-0.4, -0.2) is 44.2 Å². The Bertz CT molecular complexity index is 1300. The van der Waals surface area contributed by atoms with E-state index in [1.54, 1.807) is 25.1 Å². The number of hydrogen-bond donors (Lipinski definition) is 3. The van der Waals surface area contributed by atoms with Gasteiger partial charge in [-0.2, -0.15) is 5.10 Å². The summed E-state index contributed by atoms with van der Waals surface area (Å²) in [4.78, 5) is 18.4. The van der Waals surface area contributed by atoms with Crippen LogP contribution in [0.5, 0.6) is 0 Å². The molecule has 0 spiro atoms. The van der Waals surface area contributed by atoms with Gasteiger partial charge in [0.25, 0.3) is 5.92 Å². The number of halogens is 5. The normalized spacial score (nSPS) is 16.1. The molecule has 1 saturated heterocycles. The highest BCUT2D eigenvalue weighted by Crippen LogP contribution is 2.39. The van der Waals surface area contributed by atoms with Crippen LogP contribution in [0.15, 0.2) is 30.3 Å². The van der Waals surface area contributed by atoms with E-state index in [-0.39, 0.29) is 55.4 Å². The third kappa shape index (κ3) is 5.88. The van der Waals surface area contributed by atoms with Crippen LogP contribution in [0.25, 0.3) is 0 Å². The van der Waals surface area contributed by atoms with E-state index in [4.69, 9.17) is 11.6 Å². The van der Waals surface area contributed by atoms with Crippen LogP contribution in [0, 0.1) is 24.0 Å². The zero-order valence-corrected chi connectivity index (χ0v) is 21.0. The second-order valence-electron chi connectivity index (χ2n) is 9.52. The summed E-state index contributed by atoms with van der Waals surface area (Å²) in [7, 11) is 0. The fourth-order valence-electron chi connectivity index (χ4n) is 4.53. The minimum atomic E-state index is -3.53. The number of rotatable bonds is 8. The maximum atomic E-state index is 15.3. The van der Waals surface area contributed by atoms with Crippen molar-refractivity contribution in [1.82, 2.24) is 20.1 Å². The first kappa shape index (κ1) is 26.9. The maximum absolute atomic E-state index is 15.3. The van der Waals surface area contributed by atoms with Crippen molar-refractivity contribution in [3.8, 4) is 0 Å². The molecule has 198 valence electrons. The topological polar surface area (TPSA) is 94.1 Å². The Balaban J connectivity index is 1.59. The Kier molecular flexibility index (Phi) is 7.48. The number of aromatic amines is 1. The van der Waals surface area contributed by atoms with Gasteiger partial charge >= 0.3 is 5.97 Å². The number of aryl methyl sites for hydroxylation is 1. The first-order chi connectivity index (χ1) is 17.4. The van der Waals surface area contributed by atoms with Crippen molar-refractivity contribution in [1.29, 1.82) is 0 Å². The molecule has 0 bridgehead atoms. The molecule has 3 aromatic rings. The Morgan fingerprint density at radius 1 is 1.22 bits per heavy atom. The highest BCUT2D eigenvalue weighted by Gasteiger charge is 2.43. The van der Waals surface area contributed by atoms with Gasteiger partial charge in [-0.1, -0.05) is 23.7 Å². The standard InChI is InChI=1S/C25H26ClF4N5O2/c1-14-10-20(34-33-14)32-19-11-16(24(2,29)30)22(28)18(31-19)12-25(23(36)37)6-8-35(9-7-25)13-15-4-3-5-17(26)21(15)27/h3-5,10-11H,6-9,12-13H2,1-2H3,(H,36,37)(H2,31,32,33,34). The average molecular weight is 540 g/mol. The van der Waals surface area contributed by atoms with E-state index in [2.05, 4.69) is 20.5 Å². The third-order valence-corrected chi connectivity index (χ3v) is 6.95. The summed E-state index contributed by atoms with van der Waals surface area (Å²) in [5.74, 6) is -6.25. The molecule has 7 nitrogen and oxygen atoms in total.